The summed E-state index contributed by atoms with van der Waals surface area (Å²) in [7, 11) is 0. The number of anilines is 1. The molecule has 0 radical (unpaired) electrons. The van der Waals surface area contributed by atoms with Crippen LogP contribution in [0.5, 0.6) is 0 Å². The highest BCUT2D eigenvalue weighted by Gasteiger charge is 2.55. The van der Waals surface area contributed by atoms with E-state index in [9.17, 15) is 10.1 Å². The molecular weight excluding hydrogens is 694 g/mol. The third kappa shape index (κ3) is 4.85. The number of para-hydroxylation sites is 1. The van der Waals surface area contributed by atoms with Gasteiger partial charge in [0.25, 0.3) is 0 Å². The fourth-order valence-electron chi connectivity index (χ4n) is 10.2. The Morgan fingerprint density at radius 2 is 1.87 bits per heavy atom. The zero-order valence-electron chi connectivity index (χ0n) is 29.0. The van der Waals surface area contributed by atoms with Crippen LogP contribution in [0.3, 0.4) is 0 Å². The van der Waals surface area contributed by atoms with Crippen molar-refractivity contribution in [3.63, 3.8) is 0 Å². The number of nitrogens with one attached hydrogen (secondary N) is 1. The van der Waals surface area contributed by atoms with Crippen LogP contribution in [0.15, 0.2) is 60.7 Å². The summed E-state index contributed by atoms with van der Waals surface area (Å²) in [5.74, 6) is 0.624. The van der Waals surface area contributed by atoms with Gasteiger partial charge in [0.15, 0.2) is 5.82 Å². The third-order valence-corrected chi connectivity index (χ3v) is 13.5. The molecular formula is C42H39Cl2FN6O. The molecule has 6 atom stereocenters. The number of carbonyl (C=O) groups is 1. The van der Waals surface area contributed by atoms with Crippen LogP contribution in [0.1, 0.15) is 61.1 Å². The van der Waals surface area contributed by atoms with E-state index in [1.54, 1.807) is 18.2 Å². The number of benzene rings is 3. The molecule has 10 heteroatoms. The van der Waals surface area contributed by atoms with E-state index in [0.717, 1.165) is 73.0 Å². The predicted molar refractivity (Wildman–Crippen MR) is 203 cm³/mol. The fraction of sp³-hybridized carbons (Fsp3) is 0.405. The minimum Gasteiger partial charge on any atom is -0.369 e. The highest BCUT2D eigenvalue weighted by molar-refractivity contribution is 6.43. The molecule has 6 heterocycles. The molecule has 264 valence electrons. The third-order valence-electron chi connectivity index (χ3n) is 12.6. The first-order chi connectivity index (χ1) is 25.3. The van der Waals surface area contributed by atoms with E-state index >= 15 is 4.39 Å². The monoisotopic (exact) mass is 732 g/mol. The van der Waals surface area contributed by atoms with Gasteiger partial charge >= 0.3 is 0 Å². The highest BCUT2D eigenvalue weighted by atomic mass is 35.5. The first-order valence-corrected chi connectivity index (χ1v) is 19.4. The summed E-state index contributed by atoms with van der Waals surface area (Å²) in [6.45, 7) is 4.60. The fourth-order valence-corrected chi connectivity index (χ4v) is 10.6. The van der Waals surface area contributed by atoms with Gasteiger partial charge in [0.05, 0.1) is 39.8 Å². The molecule has 4 bridgehead atoms. The molecule has 2 saturated carbocycles. The SMILES string of the molecule is Cc1nc2c(F)c(-c3cccc(Cl)c3Cl)c(CCC#N)cc2c2c1cc([C@H]1[C@H]3C[C@H](CN(c4ccccc4)C3)N1C(=O)C1CC1)n2[C@H]1[C@H]2CN[C@@H]1C2. The second-order valence-corrected chi connectivity index (χ2v) is 16.4. The van der Waals surface area contributed by atoms with Crippen LogP contribution < -0.4 is 10.2 Å². The van der Waals surface area contributed by atoms with Crippen molar-refractivity contribution in [3.05, 3.63) is 93.5 Å². The number of halogens is 3. The van der Waals surface area contributed by atoms with Crippen LogP contribution in [-0.4, -0.2) is 52.1 Å². The van der Waals surface area contributed by atoms with Crippen molar-refractivity contribution in [1.29, 1.82) is 5.26 Å². The Hall–Kier alpha value is -4.16. The molecule has 4 saturated heterocycles. The molecule has 6 fully saturated rings. The molecule has 1 N–H and O–H groups in total. The van der Waals surface area contributed by atoms with Gasteiger partial charge in [-0.2, -0.15) is 5.26 Å². The van der Waals surface area contributed by atoms with E-state index < -0.39 is 5.82 Å². The lowest BCUT2D eigenvalue weighted by Crippen LogP contribution is -2.45. The van der Waals surface area contributed by atoms with Gasteiger partial charge < -0.3 is 19.7 Å². The average molecular weight is 734 g/mol. The Morgan fingerprint density at radius 1 is 1.04 bits per heavy atom. The predicted octanol–water partition coefficient (Wildman–Crippen LogP) is 8.79. The Kier molecular flexibility index (Phi) is 7.62. The number of nitriles is 1. The number of hydrogen-bond acceptors (Lipinski definition) is 5. The van der Waals surface area contributed by atoms with Crippen LogP contribution in [0.2, 0.25) is 10.0 Å². The molecule has 6 aliphatic rings. The maximum atomic E-state index is 17.3. The minimum absolute atomic E-state index is 0.0962. The van der Waals surface area contributed by atoms with E-state index in [1.807, 2.05) is 13.0 Å². The van der Waals surface area contributed by atoms with Crippen LogP contribution >= 0.6 is 23.2 Å². The van der Waals surface area contributed by atoms with Gasteiger partial charge in [-0.3, -0.25) is 4.79 Å². The van der Waals surface area contributed by atoms with Gasteiger partial charge in [0.2, 0.25) is 5.91 Å². The van der Waals surface area contributed by atoms with E-state index in [2.05, 4.69) is 62.2 Å². The summed E-state index contributed by atoms with van der Waals surface area (Å²) in [5, 5.41) is 15.7. The van der Waals surface area contributed by atoms with E-state index in [-0.39, 0.29) is 52.8 Å². The molecule has 3 aromatic carbocycles. The number of hydrogen-bond donors (Lipinski definition) is 1. The number of rotatable bonds is 7. The summed E-state index contributed by atoms with van der Waals surface area (Å²) in [6, 6.07) is 22.9. The Labute approximate surface area is 312 Å². The van der Waals surface area contributed by atoms with Gasteiger partial charge in [0, 0.05) is 82.9 Å². The van der Waals surface area contributed by atoms with E-state index in [4.69, 9.17) is 28.2 Å². The molecule has 0 spiro atoms. The van der Waals surface area contributed by atoms with Gasteiger partial charge in [-0.1, -0.05) is 53.5 Å². The summed E-state index contributed by atoms with van der Waals surface area (Å²) in [6.07, 6.45) is 4.57. The standard InChI is InChI=1S/C42H39Cl2FN6O/c1-22-30-18-34(40-26-15-28(50(40)42(52)23-12-13-23)21-49(20-26)27-8-3-2-4-9-27)51(39-25-17-33(39)47-19-25)41(30)31-16-24(7-6-14-46)35(37(45)38(31)48-22)29-10-5-11-32(43)36(29)44/h2-5,8-11,16,18,23,25-26,28,33,39-40,47H,6-7,12-13,15,17,19-21H2,1H3/t25-,26+,28-,33-,39+,40-/m1/s1. The maximum Gasteiger partial charge on any atom is 0.226 e. The van der Waals surface area contributed by atoms with E-state index in [1.165, 1.54) is 5.69 Å². The Morgan fingerprint density at radius 3 is 2.60 bits per heavy atom. The lowest BCUT2D eigenvalue weighted by molar-refractivity contribution is -0.135. The van der Waals surface area contributed by atoms with Crippen molar-refractivity contribution in [1.82, 2.24) is 19.8 Å². The lowest BCUT2D eigenvalue weighted by atomic mass is 9.79. The van der Waals surface area contributed by atoms with Crippen LogP contribution in [-0.2, 0) is 11.2 Å². The van der Waals surface area contributed by atoms with Gasteiger partial charge in [-0.05, 0) is 80.8 Å². The topological polar surface area (TPSA) is 77.2 Å². The molecule has 11 rings (SSSR count). The quantitative estimate of drug-likeness (QED) is 0.181. The number of aryl methyl sites for hydroxylation is 2. The van der Waals surface area contributed by atoms with Crippen molar-refractivity contribution in [2.45, 2.75) is 69.6 Å². The Bertz CT molecular complexity index is 2320. The van der Waals surface area contributed by atoms with Crippen LogP contribution in [0, 0.1) is 41.8 Å². The van der Waals surface area contributed by atoms with E-state index in [0.29, 0.717) is 40.1 Å². The van der Waals surface area contributed by atoms with Crippen molar-refractivity contribution in [2.75, 3.05) is 24.5 Å². The number of carbonyl (C=O) groups excluding carboxylic acids is 1. The number of likely N-dealkylation sites (tertiary alicyclic amines) is 1. The summed E-state index contributed by atoms with van der Waals surface area (Å²) in [4.78, 5) is 24.1. The molecule has 5 aromatic rings. The van der Waals surface area contributed by atoms with Crippen molar-refractivity contribution < 1.29 is 9.18 Å². The van der Waals surface area contributed by atoms with Gasteiger partial charge in [0.1, 0.15) is 5.52 Å². The summed E-state index contributed by atoms with van der Waals surface area (Å²) in [5.41, 5.74) is 5.89. The second kappa shape index (κ2) is 12.2. The first-order valence-electron chi connectivity index (χ1n) is 18.7. The smallest absolute Gasteiger partial charge is 0.226 e. The van der Waals surface area contributed by atoms with Crippen LogP contribution in [0.25, 0.3) is 32.9 Å². The second-order valence-electron chi connectivity index (χ2n) is 15.6. The number of nitrogens with zero attached hydrogens (tertiary/aromatic N) is 5. The van der Waals surface area contributed by atoms with Crippen molar-refractivity contribution in [2.24, 2.45) is 17.8 Å². The zero-order valence-corrected chi connectivity index (χ0v) is 30.5. The van der Waals surface area contributed by atoms with Gasteiger partial charge in [-0.15, -0.1) is 0 Å². The molecule has 7 nitrogen and oxygen atoms in total. The van der Waals surface area contributed by atoms with Crippen LogP contribution in [0.4, 0.5) is 10.1 Å². The first kappa shape index (κ1) is 32.5. The summed E-state index contributed by atoms with van der Waals surface area (Å²) >= 11 is 13.2. The summed E-state index contributed by atoms with van der Waals surface area (Å²) < 4.78 is 19.8. The minimum atomic E-state index is -0.454. The van der Waals surface area contributed by atoms with Crippen molar-refractivity contribution >= 4 is 56.6 Å². The molecule has 1 amide bonds. The zero-order chi connectivity index (χ0) is 35.4. The molecule has 2 aromatic heterocycles. The molecule has 4 aliphatic heterocycles. The number of pyridine rings is 1. The maximum absolute atomic E-state index is 17.3. The lowest BCUT2D eigenvalue weighted by Gasteiger charge is -2.40. The highest BCUT2D eigenvalue weighted by Crippen LogP contribution is 2.54. The number of fused-ring (bicyclic) bond motifs is 6. The molecule has 0 unspecified atom stereocenters. The number of aromatic nitrogens is 2. The van der Waals surface area contributed by atoms with Gasteiger partial charge in [-0.25, -0.2) is 9.37 Å². The number of amides is 1. The van der Waals surface area contributed by atoms with Crippen molar-refractivity contribution in [3.8, 4) is 17.2 Å². The average Bonchev–Trinajstić information content (AvgIpc) is 3.43. The normalized spacial score (nSPS) is 26.3. The molecule has 2 aliphatic carbocycles. The molecule has 52 heavy (non-hydrogen) atoms. The number of piperidine rings is 1. The Balaban J connectivity index is 1.22. The largest absolute Gasteiger partial charge is 0.369 e.